The molecule has 1 aromatic carbocycles. The van der Waals surface area contributed by atoms with Crippen LogP contribution in [0.4, 0.5) is 18.9 Å². The van der Waals surface area contributed by atoms with E-state index in [2.05, 4.69) is 22.7 Å². The van der Waals surface area contributed by atoms with Gasteiger partial charge in [0.2, 0.25) is 0 Å². The Morgan fingerprint density at radius 2 is 1.89 bits per heavy atom. The van der Waals surface area contributed by atoms with Crippen molar-refractivity contribution in [1.29, 1.82) is 0 Å². The van der Waals surface area contributed by atoms with Gasteiger partial charge in [0.1, 0.15) is 6.54 Å². The average molecular weight is 290 g/mol. The highest BCUT2D eigenvalue weighted by molar-refractivity contribution is 7.80. The number of nitrogens with one attached hydrogen (secondary N) is 2. The van der Waals surface area contributed by atoms with Gasteiger partial charge < -0.3 is 11.1 Å². The Hall–Kier alpha value is -1.83. The van der Waals surface area contributed by atoms with Crippen LogP contribution in [0.2, 0.25) is 0 Å². The zero-order valence-electron chi connectivity index (χ0n) is 10.1. The summed E-state index contributed by atoms with van der Waals surface area (Å²) in [7, 11) is 0. The molecule has 0 amide bonds. The van der Waals surface area contributed by atoms with E-state index in [0.717, 1.165) is 5.56 Å². The fourth-order valence-electron chi connectivity index (χ4n) is 1.14. The molecule has 4 N–H and O–H groups in total. The lowest BCUT2D eigenvalue weighted by Crippen LogP contribution is -2.38. The molecule has 0 spiro atoms. The average Bonchev–Trinajstić information content (AvgIpc) is 2.33. The van der Waals surface area contributed by atoms with Gasteiger partial charge in [0.25, 0.3) is 0 Å². The zero-order chi connectivity index (χ0) is 14.5. The Bertz CT molecular complexity index is 468. The van der Waals surface area contributed by atoms with E-state index in [1.165, 1.54) is 0 Å². The van der Waals surface area contributed by atoms with Crippen LogP contribution in [0.15, 0.2) is 29.4 Å². The molecule has 0 aliphatic heterocycles. The molecule has 8 heteroatoms. The molecule has 0 saturated carbocycles. The summed E-state index contributed by atoms with van der Waals surface area (Å²) >= 11 is 4.66. The van der Waals surface area contributed by atoms with Crippen LogP contribution in [0.25, 0.3) is 0 Å². The van der Waals surface area contributed by atoms with Crippen LogP contribution in [0.3, 0.4) is 0 Å². The highest BCUT2D eigenvalue weighted by Crippen LogP contribution is 2.12. The normalized spacial score (nSPS) is 12.1. The zero-order valence-corrected chi connectivity index (χ0v) is 10.9. The minimum Gasteiger partial charge on any atom is -0.399 e. The van der Waals surface area contributed by atoms with Crippen molar-refractivity contribution in [1.82, 2.24) is 10.7 Å². The van der Waals surface area contributed by atoms with Crippen LogP contribution in [0.5, 0.6) is 0 Å². The summed E-state index contributed by atoms with van der Waals surface area (Å²) in [5.74, 6) is 0. The summed E-state index contributed by atoms with van der Waals surface area (Å²) < 4.78 is 35.8. The number of nitrogens with zero attached hydrogens (tertiary/aromatic N) is 1. The van der Waals surface area contributed by atoms with Gasteiger partial charge in [-0.2, -0.15) is 18.3 Å². The second-order valence-corrected chi connectivity index (χ2v) is 4.14. The second-order valence-electron chi connectivity index (χ2n) is 3.73. The maximum absolute atomic E-state index is 11.9. The SMILES string of the molecule is CC(=NNC(=S)NCC(F)(F)F)c1ccc(N)cc1. The van der Waals surface area contributed by atoms with E-state index in [4.69, 9.17) is 5.73 Å². The third-order valence-corrected chi connectivity index (χ3v) is 2.34. The van der Waals surface area contributed by atoms with Crippen molar-refractivity contribution in [3.05, 3.63) is 29.8 Å². The first kappa shape index (κ1) is 15.2. The predicted octanol–water partition coefficient (Wildman–Crippen LogP) is 2.02. The van der Waals surface area contributed by atoms with Gasteiger partial charge in [-0.15, -0.1) is 0 Å². The lowest BCUT2D eigenvalue weighted by molar-refractivity contribution is -0.122. The monoisotopic (exact) mass is 290 g/mol. The summed E-state index contributed by atoms with van der Waals surface area (Å²) in [6.07, 6.45) is -4.32. The topological polar surface area (TPSA) is 62.4 Å². The summed E-state index contributed by atoms with van der Waals surface area (Å²) in [5.41, 5.74) is 9.87. The molecular weight excluding hydrogens is 277 g/mol. The standard InChI is InChI=1S/C11H13F3N4S/c1-7(8-2-4-9(15)5-3-8)17-18-10(19)16-6-11(12,13)14/h2-5H,6,15H2,1H3,(H2,16,18,19). The molecular formula is C11H13F3N4S. The van der Waals surface area contributed by atoms with E-state index in [0.29, 0.717) is 11.4 Å². The van der Waals surface area contributed by atoms with Crippen LogP contribution in [-0.4, -0.2) is 23.5 Å². The molecule has 1 aromatic rings. The lowest BCUT2D eigenvalue weighted by atomic mass is 10.1. The van der Waals surface area contributed by atoms with Crippen molar-refractivity contribution < 1.29 is 13.2 Å². The predicted molar refractivity (Wildman–Crippen MR) is 72.9 cm³/mol. The first-order valence-corrected chi connectivity index (χ1v) is 5.69. The second kappa shape index (κ2) is 6.37. The van der Waals surface area contributed by atoms with Crippen molar-refractivity contribution in [3.8, 4) is 0 Å². The van der Waals surface area contributed by atoms with E-state index in [9.17, 15) is 13.2 Å². The molecule has 0 aliphatic rings. The summed E-state index contributed by atoms with van der Waals surface area (Å²) in [6.45, 7) is 0.500. The molecule has 0 fully saturated rings. The van der Waals surface area contributed by atoms with Crippen molar-refractivity contribution in [3.63, 3.8) is 0 Å². The highest BCUT2D eigenvalue weighted by Gasteiger charge is 2.26. The van der Waals surface area contributed by atoms with E-state index in [-0.39, 0.29) is 5.11 Å². The van der Waals surface area contributed by atoms with Crippen molar-refractivity contribution in [2.75, 3.05) is 12.3 Å². The third kappa shape index (κ3) is 6.05. The van der Waals surface area contributed by atoms with Crippen molar-refractivity contribution >= 4 is 28.7 Å². The number of hydrogen-bond donors (Lipinski definition) is 3. The number of alkyl halides is 3. The molecule has 4 nitrogen and oxygen atoms in total. The Balaban J connectivity index is 2.52. The van der Waals surface area contributed by atoms with Crippen molar-refractivity contribution in [2.45, 2.75) is 13.1 Å². The van der Waals surface area contributed by atoms with Gasteiger partial charge in [0.05, 0.1) is 5.71 Å². The van der Waals surface area contributed by atoms with Gasteiger partial charge in [-0.25, -0.2) is 0 Å². The van der Waals surface area contributed by atoms with Gasteiger partial charge in [-0.1, -0.05) is 12.1 Å². The number of nitrogens with two attached hydrogens (primary N) is 1. The number of anilines is 1. The van der Waals surface area contributed by atoms with Gasteiger partial charge >= 0.3 is 6.18 Å². The maximum Gasteiger partial charge on any atom is 0.405 e. The Labute approximate surface area is 113 Å². The van der Waals surface area contributed by atoms with Gasteiger partial charge in [0, 0.05) is 5.69 Å². The van der Waals surface area contributed by atoms with Gasteiger partial charge in [0.15, 0.2) is 5.11 Å². The fraction of sp³-hybridized carbons (Fsp3) is 0.273. The largest absolute Gasteiger partial charge is 0.405 e. The molecule has 0 unspecified atom stereocenters. The molecule has 0 aromatic heterocycles. The van der Waals surface area contributed by atoms with E-state index >= 15 is 0 Å². The molecule has 0 saturated heterocycles. The smallest absolute Gasteiger partial charge is 0.399 e. The summed E-state index contributed by atoms with van der Waals surface area (Å²) in [4.78, 5) is 0. The first-order valence-electron chi connectivity index (χ1n) is 5.29. The third-order valence-electron chi connectivity index (χ3n) is 2.10. The molecule has 0 bridgehead atoms. The fourth-order valence-corrected chi connectivity index (χ4v) is 1.26. The number of nitrogen functional groups attached to an aromatic ring is 1. The minimum atomic E-state index is -4.32. The van der Waals surface area contributed by atoms with Crippen LogP contribution < -0.4 is 16.5 Å². The highest BCUT2D eigenvalue weighted by atomic mass is 32.1. The molecule has 1 rings (SSSR count). The molecule has 0 atom stereocenters. The molecule has 0 heterocycles. The van der Waals surface area contributed by atoms with Crippen LogP contribution in [-0.2, 0) is 0 Å². The summed E-state index contributed by atoms with van der Waals surface area (Å²) in [6, 6.07) is 6.91. The number of rotatable bonds is 3. The number of benzene rings is 1. The molecule has 0 radical (unpaired) electrons. The van der Waals surface area contributed by atoms with E-state index in [1.54, 1.807) is 31.2 Å². The Kier molecular flexibility index (Phi) is 5.11. The van der Waals surface area contributed by atoms with Crippen LogP contribution >= 0.6 is 12.2 Å². The van der Waals surface area contributed by atoms with Gasteiger partial charge in [-0.05, 0) is 36.8 Å². The Morgan fingerprint density at radius 1 is 1.32 bits per heavy atom. The molecule has 104 valence electrons. The number of thiocarbonyl (C=S) groups is 1. The van der Waals surface area contributed by atoms with E-state index < -0.39 is 12.7 Å². The first-order chi connectivity index (χ1) is 8.78. The minimum absolute atomic E-state index is 0.188. The Morgan fingerprint density at radius 3 is 2.42 bits per heavy atom. The lowest BCUT2D eigenvalue weighted by Gasteiger charge is -2.10. The molecule has 19 heavy (non-hydrogen) atoms. The quantitative estimate of drug-likeness (QED) is 0.345. The maximum atomic E-state index is 11.9. The van der Waals surface area contributed by atoms with Crippen molar-refractivity contribution in [2.24, 2.45) is 5.10 Å². The van der Waals surface area contributed by atoms with E-state index in [1.807, 2.05) is 5.32 Å². The number of hydrazone groups is 1. The van der Waals surface area contributed by atoms with Crippen LogP contribution in [0, 0.1) is 0 Å². The van der Waals surface area contributed by atoms with Crippen LogP contribution in [0.1, 0.15) is 12.5 Å². The number of halogens is 3. The number of hydrogen-bond acceptors (Lipinski definition) is 3. The molecule has 0 aliphatic carbocycles. The summed E-state index contributed by atoms with van der Waals surface area (Å²) in [5, 5.41) is 5.70. The van der Waals surface area contributed by atoms with Gasteiger partial charge in [-0.3, -0.25) is 5.43 Å².